The normalized spacial score (nSPS) is 24.4. The van der Waals surface area contributed by atoms with Gasteiger partial charge in [0.05, 0.1) is 17.0 Å². The van der Waals surface area contributed by atoms with E-state index in [9.17, 15) is 9.90 Å². The molecule has 0 aromatic heterocycles. The smallest absolute Gasteiger partial charge is 0.309 e. The minimum Gasteiger partial charge on any atom is -0.489 e. The molecule has 0 unspecified atom stereocenters. The average molecular weight is 495 g/mol. The van der Waals surface area contributed by atoms with Crippen LogP contribution in [-0.2, 0) is 9.53 Å². The Labute approximate surface area is 209 Å². The van der Waals surface area contributed by atoms with Gasteiger partial charge in [-0.3, -0.25) is 4.79 Å². The number of carboxylic acid groups (broad SMARTS) is 1. The Kier molecular flexibility index (Phi) is 6.34. The van der Waals surface area contributed by atoms with E-state index in [1.807, 2.05) is 74.5 Å². The Bertz CT molecular complexity index is 1210. The quantitative estimate of drug-likeness (QED) is 0.420. The van der Waals surface area contributed by atoms with Gasteiger partial charge in [-0.25, -0.2) is 0 Å². The van der Waals surface area contributed by atoms with Crippen molar-refractivity contribution in [1.82, 2.24) is 0 Å². The van der Waals surface area contributed by atoms with Crippen molar-refractivity contribution in [3.05, 3.63) is 83.4 Å². The van der Waals surface area contributed by atoms with Crippen LogP contribution in [0.3, 0.4) is 0 Å². The second-order valence-corrected chi connectivity index (χ2v) is 9.85. The Hall–Kier alpha value is -3.22. The molecule has 1 saturated heterocycles. The Morgan fingerprint density at radius 2 is 1.80 bits per heavy atom. The molecule has 3 aromatic carbocycles. The van der Waals surface area contributed by atoms with Crippen LogP contribution in [0.1, 0.15) is 31.9 Å². The minimum absolute atomic E-state index is 0.0702. The number of fused-ring (bicyclic) bond motifs is 3. The van der Waals surface area contributed by atoms with E-state index in [2.05, 4.69) is 0 Å². The highest BCUT2D eigenvalue weighted by molar-refractivity contribution is 6.32. The Balaban J connectivity index is 1.44. The molecule has 7 heteroatoms. The number of para-hydroxylation sites is 2. The topological polar surface area (TPSA) is 74.2 Å². The third kappa shape index (κ3) is 4.81. The number of ether oxygens (including phenoxy) is 4. The third-order valence-electron chi connectivity index (χ3n) is 6.73. The summed E-state index contributed by atoms with van der Waals surface area (Å²) in [5.41, 5.74) is 0.233. The number of benzene rings is 3. The van der Waals surface area contributed by atoms with E-state index in [0.717, 1.165) is 11.3 Å². The summed E-state index contributed by atoms with van der Waals surface area (Å²) in [5.74, 6) is 0.754. The highest BCUT2D eigenvalue weighted by Crippen LogP contribution is 2.52. The molecule has 6 nitrogen and oxygen atoms in total. The van der Waals surface area contributed by atoms with Crippen LogP contribution < -0.4 is 14.2 Å². The second-order valence-electron chi connectivity index (χ2n) is 9.44. The van der Waals surface area contributed by atoms with Crippen molar-refractivity contribution in [3.63, 3.8) is 0 Å². The van der Waals surface area contributed by atoms with Crippen molar-refractivity contribution in [2.24, 2.45) is 11.8 Å². The SMILES string of the molecule is CC1(C)Oc2ccc(Oc3ccccc3)cc2[C@H]2O[C@@H](COc3ccccc3Cl)[C@@H](C(=O)O)C[C@@H]21. The van der Waals surface area contributed by atoms with Crippen LogP contribution in [0.2, 0.25) is 5.02 Å². The molecule has 35 heavy (non-hydrogen) atoms. The van der Waals surface area contributed by atoms with E-state index in [1.165, 1.54) is 0 Å². The number of carboxylic acids is 1. The molecule has 5 rings (SSSR count). The standard InChI is InChI=1S/C28H27ClO6/c1-28(2)21-15-20(27(30)31)25(16-32-24-11-7-6-10-22(24)29)34-26(21)19-14-18(12-13-23(19)35-28)33-17-8-4-3-5-9-17/h3-14,20-21,25-26H,15-16H2,1-2H3,(H,30,31)/t20-,21-,25-,26+/m0/s1. The maximum atomic E-state index is 12.2. The summed E-state index contributed by atoms with van der Waals surface area (Å²) in [7, 11) is 0. The summed E-state index contributed by atoms with van der Waals surface area (Å²) in [6, 6.07) is 22.3. The van der Waals surface area contributed by atoms with E-state index >= 15 is 0 Å². The zero-order valence-electron chi connectivity index (χ0n) is 19.5. The van der Waals surface area contributed by atoms with E-state index in [1.54, 1.807) is 12.1 Å². The lowest BCUT2D eigenvalue weighted by Gasteiger charge is -2.50. The molecule has 182 valence electrons. The number of hydrogen-bond acceptors (Lipinski definition) is 5. The molecule has 1 fully saturated rings. The van der Waals surface area contributed by atoms with Crippen molar-refractivity contribution in [1.29, 1.82) is 0 Å². The lowest BCUT2D eigenvalue weighted by Crippen LogP contribution is -2.53. The fraction of sp³-hybridized carbons (Fsp3) is 0.321. The summed E-state index contributed by atoms with van der Waals surface area (Å²) in [5, 5.41) is 10.5. The number of aliphatic carboxylic acids is 1. The number of hydrogen-bond donors (Lipinski definition) is 1. The Morgan fingerprint density at radius 1 is 1.06 bits per heavy atom. The van der Waals surface area contributed by atoms with Crippen LogP contribution in [0.4, 0.5) is 0 Å². The zero-order chi connectivity index (χ0) is 24.6. The fourth-order valence-corrected chi connectivity index (χ4v) is 5.09. The second kappa shape index (κ2) is 9.44. The first-order chi connectivity index (χ1) is 16.8. The van der Waals surface area contributed by atoms with Crippen LogP contribution in [0, 0.1) is 11.8 Å². The zero-order valence-corrected chi connectivity index (χ0v) is 20.3. The highest BCUT2D eigenvalue weighted by atomic mass is 35.5. The van der Waals surface area contributed by atoms with Crippen molar-refractivity contribution in [2.75, 3.05) is 6.61 Å². The first-order valence-corrected chi connectivity index (χ1v) is 12.0. The van der Waals surface area contributed by atoms with E-state index < -0.39 is 23.6 Å². The van der Waals surface area contributed by atoms with Crippen molar-refractivity contribution in [3.8, 4) is 23.0 Å². The summed E-state index contributed by atoms with van der Waals surface area (Å²) in [6.07, 6.45) is -0.638. The number of carbonyl (C=O) groups is 1. The van der Waals surface area contributed by atoms with Crippen LogP contribution >= 0.6 is 11.6 Å². The molecule has 0 saturated carbocycles. The molecule has 0 aliphatic carbocycles. The lowest BCUT2D eigenvalue weighted by molar-refractivity contribution is -0.192. The molecule has 4 atom stereocenters. The van der Waals surface area contributed by atoms with Crippen LogP contribution in [0.15, 0.2) is 72.8 Å². The summed E-state index contributed by atoms with van der Waals surface area (Å²) < 4.78 is 24.8. The van der Waals surface area contributed by atoms with Crippen LogP contribution in [-0.4, -0.2) is 29.4 Å². The maximum Gasteiger partial charge on any atom is 0.309 e. The molecular formula is C28H27ClO6. The highest BCUT2D eigenvalue weighted by Gasteiger charge is 2.52. The van der Waals surface area contributed by atoms with E-state index in [4.69, 9.17) is 30.5 Å². The number of rotatable bonds is 6. The first kappa shape index (κ1) is 23.5. The number of halogens is 1. The third-order valence-corrected chi connectivity index (χ3v) is 7.05. The molecule has 3 aromatic rings. The molecule has 0 spiro atoms. The predicted molar refractivity (Wildman–Crippen MR) is 131 cm³/mol. The molecule has 2 aliphatic rings. The largest absolute Gasteiger partial charge is 0.489 e. The molecule has 0 radical (unpaired) electrons. The van der Waals surface area contributed by atoms with Gasteiger partial charge in [-0.2, -0.15) is 0 Å². The van der Waals surface area contributed by atoms with Gasteiger partial charge >= 0.3 is 5.97 Å². The van der Waals surface area contributed by atoms with Gasteiger partial charge < -0.3 is 24.1 Å². The van der Waals surface area contributed by atoms with Crippen molar-refractivity contribution >= 4 is 17.6 Å². The van der Waals surface area contributed by atoms with Crippen LogP contribution in [0.25, 0.3) is 0 Å². The van der Waals surface area contributed by atoms with Gasteiger partial charge in [-0.05, 0) is 62.7 Å². The summed E-state index contributed by atoms with van der Waals surface area (Å²) in [6.45, 7) is 4.02. The lowest BCUT2D eigenvalue weighted by atomic mass is 9.72. The monoisotopic (exact) mass is 494 g/mol. The van der Waals surface area contributed by atoms with Crippen LogP contribution in [0.5, 0.6) is 23.0 Å². The molecular weight excluding hydrogens is 468 g/mol. The molecule has 0 amide bonds. The molecule has 2 heterocycles. The molecule has 0 bridgehead atoms. The van der Waals surface area contributed by atoms with Crippen molar-refractivity contribution < 1.29 is 28.8 Å². The van der Waals surface area contributed by atoms with Gasteiger partial charge in [0.1, 0.15) is 41.3 Å². The fourth-order valence-electron chi connectivity index (χ4n) is 4.90. The van der Waals surface area contributed by atoms with Gasteiger partial charge in [-0.15, -0.1) is 0 Å². The van der Waals surface area contributed by atoms with Crippen molar-refractivity contribution in [2.45, 2.75) is 38.1 Å². The van der Waals surface area contributed by atoms with Gasteiger partial charge in [0.25, 0.3) is 0 Å². The Morgan fingerprint density at radius 3 is 2.54 bits per heavy atom. The molecule has 2 aliphatic heterocycles. The van der Waals surface area contributed by atoms with Gasteiger partial charge in [0, 0.05) is 11.5 Å². The molecule has 1 N–H and O–H groups in total. The van der Waals surface area contributed by atoms with Gasteiger partial charge in [0.2, 0.25) is 0 Å². The summed E-state index contributed by atoms with van der Waals surface area (Å²) in [4.78, 5) is 12.2. The van der Waals surface area contributed by atoms with Gasteiger partial charge in [-0.1, -0.05) is 41.9 Å². The first-order valence-electron chi connectivity index (χ1n) is 11.6. The average Bonchev–Trinajstić information content (AvgIpc) is 2.84. The van der Waals surface area contributed by atoms with Gasteiger partial charge in [0.15, 0.2) is 0 Å². The minimum atomic E-state index is -0.918. The van der Waals surface area contributed by atoms with E-state index in [-0.39, 0.29) is 18.6 Å². The maximum absolute atomic E-state index is 12.2. The predicted octanol–water partition coefficient (Wildman–Crippen LogP) is 6.53. The summed E-state index contributed by atoms with van der Waals surface area (Å²) >= 11 is 6.23. The van der Waals surface area contributed by atoms with E-state index in [0.29, 0.717) is 28.7 Å².